The lowest BCUT2D eigenvalue weighted by Crippen LogP contribution is -2.54. The largest absolute Gasteiger partial charge is 0.493 e. The van der Waals surface area contributed by atoms with Gasteiger partial charge in [-0.3, -0.25) is 9.69 Å². The number of imide groups is 1. The van der Waals surface area contributed by atoms with Gasteiger partial charge < -0.3 is 14.8 Å². The van der Waals surface area contributed by atoms with E-state index in [-0.39, 0.29) is 42.4 Å². The smallest absolute Gasteiger partial charge is 0.430 e. The standard InChI is InChI=1S/C30H34F6N2O4/c1-5-11-20-21-18-42-28(29(31,32)33,30(34,35)36)22(21)14-15-23(20)41-17-10-9-16-38-24(39)27(26(2,3)4,37-25(38)40)19-12-7-6-8-13-19/h6-8,12-15H,5,9-11,16-18H2,1-4H3,(H,37,40). The maximum atomic E-state index is 13.8. The summed E-state index contributed by atoms with van der Waals surface area (Å²) in [7, 11) is 0. The molecule has 6 nitrogen and oxygen atoms in total. The van der Waals surface area contributed by atoms with E-state index < -0.39 is 47.1 Å². The van der Waals surface area contributed by atoms with Crippen LogP contribution in [-0.4, -0.2) is 42.3 Å². The number of nitrogens with one attached hydrogen (secondary N) is 1. The van der Waals surface area contributed by atoms with E-state index in [2.05, 4.69) is 10.1 Å². The number of unbranched alkanes of at least 4 members (excludes halogenated alkanes) is 1. The van der Waals surface area contributed by atoms with Crippen LogP contribution in [0.3, 0.4) is 0 Å². The average molecular weight is 601 g/mol. The Morgan fingerprint density at radius 2 is 1.60 bits per heavy atom. The molecule has 2 aromatic carbocycles. The van der Waals surface area contributed by atoms with Crippen LogP contribution in [0.4, 0.5) is 31.1 Å². The van der Waals surface area contributed by atoms with Gasteiger partial charge >= 0.3 is 18.4 Å². The monoisotopic (exact) mass is 600 g/mol. The lowest BCUT2D eigenvalue weighted by molar-refractivity contribution is -0.385. The summed E-state index contributed by atoms with van der Waals surface area (Å²) >= 11 is 0. The molecule has 0 bridgehead atoms. The Labute approximate surface area is 240 Å². The summed E-state index contributed by atoms with van der Waals surface area (Å²) in [5.41, 5.74) is -6.47. The molecule has 1 N–H and O–H groups in total. The highest BCUT2D eigenvalue weighted by Gasteiger charge is 2.75. The van der Waals surface area contributed by atoms with Gasteiger partial charge in [-0.25, -0.2) is 4.79 Å². The molecule has 0 aliphatic carbocycles. The van der Waals surface area contributed by atoms with Gasteiger partial charge in [0, 0.05) is 17.7 Å². The molecule has 2 aliphatic rings. The first-order valence-corrected chi connectivity index (χ1v) is 13.8. The molecular weight excluding hydrogens is 566 g/mol. The molecule has 1 unspecified atom stereocenters. The van der Waals surface area contributed by atoms with Gasteiger partial charge in [0.2, 0.25) is 0 Å². The molecule has 1 fully saturated rings. The summed E-state index contributed by atoms with van der Waals surface area (Å²) in [4.78, 5) is 27.7. The van der Waals surface area contributed by atoms with Gasteiger partial charge in [-0.1, -0.05) is 70.5 Å². The van der Waals surface area contributed by atoms with Crippen LogP contribution in [0.15, 0.2) is 42.5 Å². The molecule has 230 valence electrons. The van der Waals surface area contributed by atoms with Crippen molar-refractivity contribution in [2.75, 3.05) is 13.2 Å². The Balaban J connectivity index is 1.46. The number of urea groups is 1. The number of benzene rings is 2. The minimum absolute atomic E-state index is 0.0762. The maximum Gasteiger partial charge on any atom is 0.430 e. The summed E-state index contributed by atoms with van der Waals surface area (Å²) in [6, 6.07) is 10.4. The van der Waals surface area contributed by atoms with Crippen molar-refractivity contribution >= 4 is 11.9 Å². The summed E-state index contributed by atoms with van der Waals surface area (Å²) in [5, 5.41) is 2.90. The third-order valence-corrected chi connectivity index (χ3v) is 7.97. The molecule has 3 amide bonds. The molecule has 2 aromatic rings. The molecule has 12 heteroatoms. The van der Waals surface area contributed by atoms with Crippen LogP contribution >= 0.6 is 0 Å². The molecule has 0 aromatic heterocycles. The molecular formula is C30H34F6N2O4. The topological polar surface area (TPSA) is 67.9 Å². The second-order valence-electron chi connectivity index (χ2n) is 11.6. The number of ether oxygens (including phenoxy) is 2. The average Bonchev–Trinajstić information content (AvgIpc) is 3.42. The Morgan fingerprint density at radius 3 is 2.17 bits per heavy atom. The van der Waals surface area contributed by atoms with Gasteiger partial charge in [0.15, 0.2) is 5.54 Å². The van der Waals surface area contributed by atoms with E-state index in [0.717, 1.165) is 12.1 Å². The van der Waals surface area contributed by atoms with Crippen molar-refractivity contribution in [1.82, 2.24) is 10.2 Å². The number of halogens is 6. The summed E-state index contributed by atoms with van der Waals surface area (Å²) in [6.07, 6.45) is -10.00. The summed E-state index contributed by atoms with van der Waals surface area (Å²) < 4.78 is 92.8. The lowest BCUT2D eigenvalue weighted by atomic mass is 9.69. The van der Waals surface area contributed by atoms with Gasteiger partial charge in [-0.15, -0.1) is 0 Å². The van der Waals surface area contributed by atoms with Crippen molar-refractivity contribution in [1.29, 1.82) is 0 Å². The highest BCUT2D eigenvalue weighted by Crippen LogP contribution is 2.58. The summed E-state index contributed by atoms with van der Waals surface area (Å²) in [5.74, 6) is -0.182. The van der Waals surface area contributed by atoms with Crippen molar-refractivity contribution in [2.24, 2.45) is 5.41 Å². The highest BCUT2D eigenvalue weighted by molar-refractivity contribution is 6.08. The number of carbonyl (C=O) groups is 2. The van der Waals surface area contributed by atoms with Crippen LogP contribution in [-0.2, 0) is 33.7 Å². The SMILES string of the molecule is CCCc1c(OCCCCN2C(=O)NC(c3ccccc3)(C(C)(C)C)C2=O)ccc2c1COC2(C(F)(F)F)C(F)(F)F. The van der Waals surface area contributed by atoms with E-state index in [1.807, 2.05) is 26.8 Å². The van der Waals surface area contributed by atoms with Gasteiger partial charge in [0.1, 0.15) is 5.75 Å². The van der Waals surface area contributed by atoms with E-state index in [9.17, 15) is 35.9 Å². The Morgan fingerprint density at radius 1 is 0.952 bits per heavy atom. The first kappa shape index (κ1) is 31.7. The van der Waals surface area contributed by atoms with Crippen molar-refractivity contribution in [3.05, 3.63) is 64.7 Å². The van der Waals surface area contributed by atoms with Crippen LogP contribution in [0.25, 0.3) is 0 Å². The number of hydrogen-bond acceptors (Lipinski definition) is 4. The normalized spacial score (nSPS) is 20.6. The number of rotatable bonds is 9. The predicted octanol–water partition coefficient (Wildman–Crippen LogP) is 7.14. The molecule has 1 atom stereocenters. The van der Waals surface area contributed by atoms with Crippen LogP contribution < -0.4 is 10.1 Å². The third kappa shape index (κ3) is 5.01. The molecule has 0 radical (unpaired) electrons. The minimum Gasteiger partial charge on any atom is -0.493 e. The van der Waals surface area contributed by atoms with Crippen LogP contribution in [0, 0.1) is 5.41 Å². The first-order valence-electron chi connectivity index (χ1n) is 13.8. The van der Waals surface area contributed by atoms with Gasteiger partial charge in [0.05, 0.1) is 13.2 Å². The van der Waals surface area contributed by atoms with E-state index in [1.54, 1.807) is 31.2 Å². The maximum absolute atomic E-state index is 13.8. The Kier molecular flexibility index (Phi) is 8.36. The molecule has 4 rings (SSSR count). The zero-order valence-electron chi connectivity index (χ0n) is 23.8. The van der Waals surface area contributed by atoms with E-state index >= 15 is 0 Å². The second kappa shape index (κ2) is 11.1. The zero-order chi connectivity index (χ0) is 31.1. The second-order valence-corrected chi connectivity index (χ2v) is 11.6. The fourth-order valence-corrected chi connectivity index (χ4v) is 5.87. The number of hydrogen-bond donors (Lipinski definition) is 1. The van der Waals surface area contributed by atoms with E-state index in [4.69, 9.17) is 4.74 Å². The van der Waals surface area contributed by atoms with Crippen molar-refractivity contribution in [2.45, 2.75) is 83.5 Å². The third-order valence-electron chi connectivity index (χ3n) is 7.97. The zero-order valence-corrected chi connectivity index (χ0v) is 23.8. The number of nitrogens with zero attached hydrogens (tertiary/aromatic N) is 1. The predicted molar refractivity (Wildman–Crippen MR) is 142 cm³/mol. The van der Waals surface area contributed by atoms with Gasteiger partial charge in [-0.2, -0.15) is 26.3 Å². The molecule has 0 spiro atoms. The molecule has 42 heavy (non-hydrogen) atoms. The van der Waals surface area contributed by atoms with E-state index in [1.165, 1.54) is 4.90 Å². The number of amides is 3. The molecule has 1 saturated heterocycles. The summed E-state index contributed by atoms with van der Waals surface area (Å²) in [6.45, 7) is 6.72. The number of fused-ring (bicyclic) bond motifs is 1. The number of alkyl halides is 6. The number of carbonyl (C=O) groups excluding carboxylic acids is 2. The first-order chi connectivity index (χ1) is 19.5. The van der Waals surface area contributed by atoms with Crippen LogP contribution in [0.1, 0.15) is 69.2 Å². The quantitative estimate of drug-likeness (QED) is 0.189. The van der Waals surface area contributed by atoms with Crippen LogP contribution in [0.2, 0.25) is 0 Å². The van der Waals surface area contributed by atoms with Crippen molar-refractivity contribution in [3.63, 3.8) is 0 Å². The fraction of sp³-hybridized carbons (Fsp3) is 0.533. The minimum atomic E-state index is -5.70. The van der Waals surface area contributed by atoms with Gasteiger partial charge in [-0.05, 0) is 41.9 Å². The molecule has 2 heterocycles. The Hall–Kier alpha value is -3.28. The van der Waals surface area contributed by atoms with E-state index in [0.29, 0.717) is 24.8 Å². The molecule has 2 aliphatic heterocycles. The van der Waals surface area contributed by atoms with Crippen molar-refractivity contribution < 1.29 is 45.4 Å². The van der Waals surface area contributed by atoms with Crippen LogP contribution in [0.5, 0.6) is 5.75 Å². The van der Waals surface area contributed by atoms with Crippen molar-refractivity contribution in [3.8, 4) is 5.75 Å². The Bertz CT molecular complexity index is 1310. The fourth-order valence-electron chi connectivity index (χ4n) is 5.87. The van der Waals surface area contributed by atoms with Gasteiger partial charge in [0.25, 0.3) is 11.5 Å². The molecule has 0 saturated carbocycles. The highest BCUT2D eigenvalue weighted by atomic mass is 19.4. The lowest BCUT2D eigenvalue weighted by Gasteiger charge is -2.39.